The number of aryl methyl sites for hydroxylation is 1. The summed E-state index contributed by atoms with van der Waals surface area (Å²) in [5, 5.41) is 12.0. The van der Waals surface area contributed by atoms with Crippen molar-refractivity contribution in [3.05, 3.63) is 29.3 Å². The summed E-state index contributed by atoms with van der Waals surface area (Å²) in [7, 11) is 0. The van der Waals surface area contributed by atoms with E-state index in [1.807, 2.05) is 32.0 Å². The molecule has 1 rings (SSSR count). The minimum absolute atomic E-state index is 0.129. The highest BCUT2D eigenvalue weighted by Gasteiger charge is 2.13. The molecule has 0 atom stereocenters. The lowest BCUT2D eigenvalue weighted by atomic mass is 10.1. The Bertz CT molecular complexity index is 433. The van der Waals surface area contributed by atoms with Crippen LogP contribution in [0.15, 0.2) is 23.4 Å². The molecule has 0 aliphatic rings. The average molecular weight is 265 g/mol. The quantitative estimate of drug-likeness (QED) is 0.260. The van der Waals surface area contributed by atoms with Crippen molar-refractivity contribution in [2.45, 2.75) is 20.8 Å². The highest BCUT2D eigenvalue weighted by Crippen LogP contribution is 2.22. The molecule has 5 heteroatoms. The Hall–Kier alpha value is -1.75. The van der Waals surface area contributed by atoms with Gasteiger partial charge in [0, 0.05) is 30.9 Å². The monoisotopic (exact) mass is 265 g/mol. The van der Waals surface area contributed by atoms with E-state index in [-0.39, 0.29) is 5.84 Å². The third kappa shape index (κ3) is 4.13. The molecule has 1 aromatic carbocycles. The smallest absolute Gasteiger partial charge is 0.172 e. The molecule has 0 saturated heterocycles. The van der Waals surface area contributed by atoms with Crippen LogP contribution in [-0.4, -0.2) is 37.3 Å². The predicted octanol–water partition coefficient (Wildman–Crippen LogP) is 1.95. The van der Waals surface area contributed by atoms with Gasteiger partial charge in [-0.2, -0.15) is 0 Å². The number of oxime groups is 1. The van der Waals surface area contributed by atoms with Crippen molar-refractivity contribution in [3.63, 3.8) is 0 Å². The summed E-state index contributed by atoms with van der Waals surface area (Å²) in [6.07, 6.45) is 0. The maximum Gasteiger partial charge on any atom is 0.172 e. The zero-order chi connectivity index (χ0) is 14.3. The Balaban J connectivity index is 3.03. The summed E-state index contributed by atoms with van der Waals surface area (Å²) in [6.45, 7) is 9.05. The van der Waals surface area contributed by atoms with Crippen LogP contribution >= 0.6 is 0 Å². The summed E-state index contributed by atoms with van der Waals surface area (Å²) in [5.41, 5.74) is 8.58. The van der Waals surface area contributed by atoms with Gasteiger partial charge in [0.15, 0.2) is 5.84 Å². The highest BCUT2D eigenvalue weighted by molar-refractivity contribution is 6.02. The van der Waals surface area contributed by atoms with E-state index in [9.17, 15) is 0 Å². The van der Waals surface area contributed by atoms with Crippen LogP contribution in [0.25, 0.3) is 0 Å². The number of nitrogens with zero attached hydrogens (tertiary/aromatic N) is 2. The van der Waals surface area contributed by atoms with Gasteiger partial charge in [0.1, 0.15) is 0 Å². The lowest BCUT2D eigenvalue weighted by Crippen LogP contribution is -2.30. The summed E-state index contributed by atoms with van der Waals surface area (Å²) in [6, 6.07) is 5.87. The summed E-state index contributed by atoms with van der Waals surface area (Å²) >= 11 is 0. The molecule has 0 saturated carbocycles. The van der Waals surface area contributed by atoms with E-state index in [0.717, 1.165) is 29.9 Å². The fraction of sp³-hybridized carbons (Fsp3) is 0.500. The number of ether oxygens (including phenoxy) is 1. The Morgan fingerprint density at radius 2 is 2.16 bits per heavy atom. The van der Waals surface area contributed by atoms with E-state index < -0.39 is 0 Å². The average Bonchev–Trinajstić information content (AvgIpc) is 2.43. The van der Waals surface area contributed by atoms with Crippen LogP contribution in [0.5, 0.6) is 0 Å². The lowest BCUT2D eigenvalue weighted by molar-refractivity contribution is 0.154. The SMILES string of the molecule is CCOCCN(CC)c1cc(C)ccc1C(N)=NO. The standard InChI is InChI=1S/C14H23N3O2/c1-4-17(8-9-19-5-2)13-10-11(3)6-7-12(13)14(15)16-18/h6-7,10,18H,4-5,8-9H2,1-3H3,(H2,15,16). The lowest BCUT2D eigenvalue weighted by Gasteiger charge is -2.25. The fourth-order valence-corrected chi connectivity index (χ4v) is 1.94. The molecule has 0 amide bonds. The summed E-state index contributed by atoms with van der Waals surface area (Å²) in [4.78, 5) is 2.16. The first-order valence-corrected chi connectivity index (χ1v) is 6.55. The van der Waals surface area contributed by atoms with E-state index >= 15 is 0 Å². The number of rotatable bonds is 7. The molecule has 0 aliphatic carbocycles. The molecule has 0 aliphatic heterocycles. The van der Waals surface area contributed by atoms with Gasteiger partial charge in [0.25, 0.3) is 0 Å². The maximum atomic E-state index is 8.87. The number of benzene rings is 1. The zero-order valence-corrected chi connectivity index (χ0v) is 11.9. The van der Waals surface area contributed by atoms with Crippen molar-refractivity contribution in [2.24, 2.45) is 10.9 Å². The van der Waals surface area contributed by atoms with Gasteiger partial charge in [-0.1, -0.05) is 11.2 Å². The topological polar surface area (TPSA) is 71.1 Å². The van der Waals surface area contributed by atoms with Gasteiger partial charge in [0.05, 0.1) is 6.61 Å². The van der Waals surface area contributed by atoms with Crippen LogP contribution in [-0.2, 0) is 4.74 Å². The molecular formula is C14H23N3O2. The van der Waals surface area contributed by atoms with E-state index in [2.05, 4.69) is 17.0 Å². The number of likely N-dealkylation sites (N-methyl/N-ethyl adjacent to an activating group) is 1. The molecule has 0 spiro atoms. The minimum atomic E-state index is 0.129. The minimum Gasteiger partial charge on any atom is -0.409 e. The molecular weight excluding hydrogens is 242 g/mol. The molecule has 19 heavy (non-hydrogen) atoms. The number of nitrogens with two attached hydrogens (primary N) is 1. The zero-order valence-electron chi connectivity index (χ0n) is 11.9. The first-order chi connectivity index (χ1) is 9.13. The van der Waals surface area contributed by atoms with Crippen molar-refractivity contribution < 1.29 is 9.94 Å². The molecule has 0 aromatic heterocycles. The molecule has 0 bridgehead atoms. The van der Waals surface area contributed by atoms with Gasteiger partial charge in [-0.25, -0.2) is 0 Å². The van der Waals surface area contributed by atoms with Crippen LogP contribution in [0.3, 0.4) is 0 Å². The molecule has 3 N–H and O–H groups in total. The third-order valence-electron chi connectivity index (χ3n) is 2.97. The normalized spacial score (nSPS) is 11.6. The summed E-state index contributed by atoms with van der Waals surface area (Å²) < 4.78 is 5.39. The van der Waals surface area contributed by atoms with Gasteiger partial charge in [-0.15, -0.1) is 0 Å². The van der Waals surface area contributed by atoms with E-state index in [1.54, 1.807) is 0 Å². The second-order valence-electron chi connectivity index (χ2n) is 4.28. The first kappa shape index (κ1) is 15.3. The van der Waals surface area contributed by atoms with Gasteiger partial charge >= 0.3 is 0 Å². The van der Waals surface area contributed by atoms with E-state index in [4.69, 9.17) is 15.7 Å². The largest absolute Gasteiger partial charge is 0.409 e. The van der Waals surface area contributed by atoms with Crippen molar-refractivity contribution in [1.82, 2.24) is 0 Å². The maximum absolute atomic E-state index is 8.87. The van der Waals surface area contributed by atoms with Crippen LogP contribution in [0.2, 0.25) is 0 Å². The van der Waals surface area contributed by atoms with Gasteiger partial charge in [0.2, 0.25) is 0 Å². The Morgan fingerprint density at radius 3 is 2.74 bits per heavy atom. The van der Waals surface area contributed by atoms with Crippen LogP contribution in [0, 0.1) is 6.92 Å². The molecule has 106 valence electrons. The third-order valence-corrected chi connectivity index (χ3v) is 2.97. The second kappa shape index (κ2) is 7.63. The molecule has 0 unspecified atom stereocenters. The van der Waals surface area contributed by atoms with Gasteiger partial charge < -0.3 is 20.6 Å². The molecule has 0 radical (unpaired) electrons. The van der Waals surface area contributed by atoms with Crippen molar-refractivity contribution >= 4 is 11.5 Å². The number of anilines is 1. The molecule has 1 aromatic rings. The van der Waals surface area contributed by atoms with Crippen molar-refractivity contribution in [2.75, 3.05) is 31.2 Å². The summed E-state index contributed by atoms with van der Waals surface area (Å²) in [5.74, 6) is 0.129. The number of hydrogen-bond acceptors (Lipinski definition) is 4. The van der Waals surface area contributed by atoms with Crippen molar-refractivity contribution in [1.29, 1.82) is 0 Å². The van der Waals surface area contributed by atoms with Crippen LogP contribution in [0.4, 0.5) is 5.69 Å². The van der Waals surface area contributed by atoms with Crippen LogP contribution in [0.1, 0.15) is 25.0 Å². The van der Waals surface area contributed by atoms with Gasteiger partial charge in [-0.05, 0) is 38.5 Å². The fourth-order valence-electron chi connectivity index (χ4n) is 1.94. The highest BCUT2D eigenvalue weighted by atomic mass is 16.5. The first-order valence-electron chi connectivity index (χ1n) is 6.55. The van der Waals surface area contributed by atoms with Crippen molar-refractivity contribution in [3.8, 4) is 0 Å². The Morgan fingerprint density at radius 1 is 1.42 bits per heavy atom. The number of hydrogen-bond donors (Lipinski definition) is 2. The Kier molecular flexibility index (Phi) is 6.15. The Labute approximate surface area is 114 Å². The van der Waals surface area contributed by atoms with Crippen LogP contribution < -0.4 is 10.6 Å². The molecule has 0 fully saturated rings. The van der Waals surface area contributed by atoms with E-state index in [0.29, 0.717) is 13.2 Å². The number of amidine groups is 1. The molecule has 5 nitrogen and oxygen atoms in total. The van der Waals surface area contributed by atoms with Gasteiger partial charge in [-0.3, -0.25) is 0 Å². The predicted molar refractivity (Wildman–Crippen MR) is 78.1 cm³/mol. The van der Waals surface area contributed by atoms with E-state index in [1.165, 1.54) is 0 Å². The molecule has 0 heterocycles. The second-order valence-corrected chi connectivity index (χ2v) is 4.28.